The number of rotatable bonds is 8. The number of nitrogens with one attached hydrogen (secondary N) is 1. The van der Waals surface area contributed by atoms with Gasteiger partial charge in [0.15, 0.2) is 0 Å². The van der Waals surface area contributed by atoms with Crippen LogP contribution in [0.3, 0.4) is 0 Å². The Morgan fingerprint density at radius 3 is 2.65 bits per heavy atom. The molecule has 0 aliphatic rings. The van der Waals surface area contributed by atoms with Crippen molar-refractivity contribution < 1.29 is 14.3 Å². The number of carbonyl (C=O) groups is 2. The van der Waals surface area contributed by atoms with Gasteiger partial charge in [-0.3, -0.25) is 14.6 Å². The van der Waals surface area contributed by atoms with E-state index in [0.717, 1.165) is 21.6 Å². The minimum absolute atomic E-state index is 0.237. The monoisotopic (exact) mass is 438 g/mol. The number of benzene rings is 1. The zero-order valence-corrected chi connectivity index (χ0v) is 18.3. The van der Waals surface area contributed by atoms with E-state index in [4.69, 9.17) is 16.2 Å². The first-order valence-electron chi connectivity index (χ1n) is 9.88. The van der Waals surface area contributed by atoms with Gasteiger partial charge in [0.1, 0.15) is 0 Å². The van der Waals surface area contributed by atoms with Crippen molar-refractivity contribution in [2.45, 2.75) is 25.6 Å². The lowest BCUT2D eigenvalue weighted by Crippen LogP contribution is -2.42. The molecule has 7 nitrogen and oxygen atoms in total. The predicted octanol–water partition coefficient (Wildman–Crippen LogP) is 2.88. The van der Waals surface area contributed by atoms with Crippen LogP contribution in [0.2, 0.25) is 0 Å². The number of amides is 1. The summed E-state index contributed by atoms with van der Waals surface area (Å²) in [5.74, 6) is -1.19. The summed E-state index contributed by atoms with van der Waals surface area (Å²) < 4.78 is 4.99. The third kappa shape index (κ3) is 5.75. The molecule has 5 N–H and O–H groups in total. The van der Waals surface area contributed by atoms with Gasteiger partial charge in [-0.05, 0) is 42.7 Å². The minimum Gasteiger partial charge on any atom is -0.469 e. The van der Waals surface area contributed by atoms with Crippen LogP contribution in [0.5, 0.6) is 0 Å². The van der Waals surface area contributed by atoms with Gasteiger partial charge in [-0.15, -0.1) is 11.3 Å². The Bertz CT molecular complexity index is 1040. The molecule has 0 bridgehead atoms. The number of esters is 1. The van der Waals surface area contributed by atoms with E-state index < -0.39 is 24.1 Å². The van der Waals surface area contributed by atoms with Crippen LogP contribution in [0.4, 0.5) is 0 Å². The minimum atomic E-state index is -0.596. The van der Waals surface area contributed by atoms with Gasteiger partial charge in [0, 0.05) is 28.9 Å². The lowest BCUT2D eigenvalue weighted by molar-refractivity contribution is -0.146. The van der Waals surface area contributed by atoms with Crippen LogP contribution in [0.1, 0.15) is 33.9 Å². The van der Waals surface area contributed by atoms with Crippen molar-refractivity contribution in [2.24, 2.45) is 17.4 Å². The highest BCUT2D eigenvalue weighted by Crippen LogP contribution is 2.27. The molecule has 2 aromatic heterocycles. The summed E-state index contributed by atoms with van der Waals surface area (Å²) in [6.45, 7) is 1.80. The van der Waals surface area contributed by atoms with Crippen molar-refractivity contribution in [3.8, 4) is 10.4 Å². The topological polar surface area (TPSA) is 120 Å². The number of thiophene rings is 1. The number of methoxy groups -OCH3 is 1. The van der Waals surface area contributed by atoms with Gasteiger partial charge in [0.25, 0.3) is 5.91 Å². The van der Waals surface area contributed by atoms with E-state index in [1.165, 1.54) is 18.4 Å². The van der Waals surface area contributed by atoms with Crippen molar-refractivity contribution in [3.63, 3.8) is 0 Å². The molecule has 1 aromatic carbocycles. The zero-order chi connectivity index (χ0) is 22.4. The first-order chi connectivity index (χ1) is 14.9. The third-order valence-corrected chi connectivity index (χ3v) is 6.17. The van der Waals surface area contributed by atoms with Crippen molar-refractivity contribution in [1.29, 1.82) is 0 Å². The summed E-state index contributed by atoms with van der Waals surface area (Å²) in [5.41, 5.74) is 14.1. The number of aromatic nitrogens is 1. The second kappa shape index (κ2) is 10.3. The van der Waals surface area contributed by atoms with Gasteiger partial charge in [0.2, 0.25) is 0 Å². The summed E-state index contributed by atoms with van der Waals surface area (Å²) >= 11 is 1.38. The Balaban J connectivity index is 1.73. The van der Waals surface area contributed by atoms with Gasteiger partial charge in [0.05, 0.1) is 24.1 Å². The third-order valence-electron chi connectivity index (χ3n) is 5.03. The molecule has 31 heavy (non-hydrogen) atoms. The van der Waals surface area contributed by atoms with Gasteiger partial charge in [-0.25, -0.2) is 0 Å². The highest BCUT2D eigenvalue weighted by molar-refractivity contribution is 7.17. The Morgan fingerprint density at radius 1 is 1.16 bits per heavy atom. The van der Waals surface area contributed by atoms with Crippen molar-refractivity contribution >= 4 is 23.2 Å². The van der Waals surface area contributed by atoms with E-state index in [-0.39, 0.29) is 5.91 Å². The molecule has 0 spiro atoms. The van der Waals surface area contributed by atoms with Crippen LogP contribution in [0, 0.1) is 5.92 Å². The maximum absolute atomic E-state index is 12.8. The summed E-state index contributed by atoms with van der Waals surface area (Å²) in [4.78, 5) is 30.9. The number of hydrogen-bond donors (Lipinski definition) is 3. The normalized spacial score (nSPS) is 12.9. The van der Waals surface area contributed by atoms with E-state index in [9.17, 15) is 9.59 Å². The predicted molar refractivity (Wildman–Crippen MR) is 121 cm³/mol. The molecule has 2 unspecified atom stereocenters. The van der Waals surface area contributed by atoms with E-state index in [0.29, 0.717) is 11.3 Å². The number of nitrogens with two attached hydrogens (primary N) is 2. The smallest absolute Gasteiger partial charge is 0.311 e. The molecule has 162 valence electrons. The van der Waals surface area contributed by atoms with Gasteiger partial charge >= 0.3 is 5.97 Å². The van der Waals surface area contributed by atoms with Gasteiger partial charge < -0.3 is 21.5 Å². The standard InChI is InChI=1S/C23H26N4O3S/c1-14(18(23(29)30-2)12-15-5-3-6-16(11-15)21(24)25)27-22(28)20-9-8-19(31-20)17-7-4-10-26-13-17/h3-11,13-14,18,21H,12,24-25H2,1-2H3,(H,27,28). The Kier molecular flexibility index (Phi) is 7.51. The molecule has 0 aliphatic carbocycles. The molecule has 0 saturated heterocycles. The van der Waals surface area contributed by atoms with E-state index in [1.54, 1.807) is 25.4 Å². The number of pyridine rings is 1. The molecule has 2 atom stereocenters. The lowest BCUT2D eigenvalue weighted by Gasteiger charge is -2.23. The maximum Gasteiger partial charge on any atom is 0.311 e. The summed E-state index contributed by atoms with van der Waals surface area (Å²) in [5, 5.41) is 2.94. The first kappa shape index (κ1) is 22.6. The zero-order valence-electron chi connectivity index (χ0n) is 17.4. The van der Waals surface area contributed by atoms with Crippen LogP contribution < -0.4 is 16.8 Å². The fraction of sp³-hybridized carbons (Fsp3) is 0.261. The molecule has 0 aliphatic heterocycles. The average molecular weight is 439 g/mol. The fourth-order valence-corrected chi connectivity index (χ4v) is 4.20. The first-order valence-corrected chi connectivity index (χ1v) is 10.7. The van der Waals surface area contributed by atoms with Crippen molar-refractivity contribution in [2.75, 3.05) is 7.11 Å². The Morgan fingerprint density at radius 2 is 1.97 bits per heavy atom. The van der Waals surface area contributed by atoms with Crippen LogP contribution in [-0.4, -0.2) is 30.0 Å². The highest BCUT2D eigenvalue weighted by atomic mass is 32.1. The maximum atomic E-state index is 12.8. The Hall–Kier alpha value is -3.07. The van der Waals surface area contributed by atoms with Crippen molar-refractivity contribution in [3.05, 3.63) is 76.9 Å². The summed E-state index contributed by atoms with van der Waals surface area (Å²) in [7, 11) is 1.34. The second-order valence-corrected chi connectivity index (χ2v) is 8.36. The number of ether oxygens (including phenoxy) is 1. The van der Waals surface area contributed by atoms with E-state index in [2.05, 4.69) is 10.3 Å². The van der Waals surface area contributed by atoms with Crippen LogP contribution in [-0.2, 0) is 16.0 Å². The number of carbonyl (C=O) groups excluding carboxylic acids is 2. The number of hydrogen-bond acceptors (Lipinski definition) is 7. The van der Waals surface area contributed by atoms with Gasteiger partial charge in [-0.1, -0.05) is 30.3 Å². The molecule has 0 fully saturated rings. The SMILES string of the molecule is COC(=O)C(Cc1cccc(C(N)N)c1)C(C)NC(=O)c1ccc(-c2cccnc2)s1. The number of nitrogens with zero attached hydrogens (tertiary/aromatic N) is 1. The molecule has 3 rings (SSSR count). The van der Waals surface area contributed by atoms with Crippen LogP contribution >= 0.6 is 11.3 Å². The summed E-state index contributed by atoms with van der Waals surface area (Å²) in [6.07, 6.45) is 3.25. The molecule has 8 heteroatoms. The molecule has 2 heterocycles. The molecular weight excluding hydrogens is 412 g/mol. The molecule has 3 aromatic rings. The molecule has 1 amide bonds. The van der Waals surface area contributed by atoms with Gasteiger partial charge in [-0.2, -0.15) is 0 Å². The lowest BCUT2D eigenvalue weighted by atomic mass is 9.92. The highest BCUT2D eigenvalue weighted by Gasteiger charge is 2.28. The molecule has 0 saturated carbocycles. The molecule has 0 radical (unpaired) electrons. The Labute approximate surface area is 185 Å². The molecular formula is C23H26N4O3S. The summed E-state index contributed by atoms with van der Waals surface area (Å²) in [6, 6.07) is 14.5. The second-order valence-electron chi connectivity index (χ2n) is 7.27. The van der Waals surface area contributed by atoms with E-state index >= 15 is 0 Å². The average Bonchev–Trinajstić information content (AvgIpc) is 3.28. The fourth-order valence-electron chi connectivity index (χ4n) is 3.30. The largest absolute Gasteiger partial charge is 0.469 e. The quantitative estimate of drug-likeness (QED) is 0.367. The van der Waals surface area contributed by atoms with Crippen LogP contribution in [0.25, 0.3) is 10.4 Å². The van der Waals surface area contributed by atoms with E-state index in [1.807, 2.05) is 42.5 Å². The van der Waals surface area contributed by atoms with Crippen LogP contribution in [0.15, 0.2) is 60.9 Å². The van der Waals surface area contributed by atoms with Crippen molar-refractivity contribution in [1.82, 2.24) is 10.3 Å².